The van der Waals surface area contributed by atoms with E-state index >= 15 is 0 Å². The number of phenols is 8. The fraction of sp³-hybridized carbons (Fsp3) is 0.0444. The summed E-state index contributed by atoms with van der Waals surface area (Å²) in [5.74, 6) is -7.23. The average Bonchev–Trinajstić information content (AvgIpc) is 3.95. The number of hydrogen-bond acceptors (Lipinski definition) is 13. The number of hydrogen-bond donors (Lipinski definition) is 8. The summed E-state index contributed by atoms with van der Waals surface area (Å²) in [5.41, 5.74) is 3.12. The van der Waals surface area contributed by atoms with Crippen molar-refractivity contribution >= 4 is 55.4 Å². The molecular formula is C45H29N5O9. The molecule has 4 heterocycles. The number of nitrogens with zero attached hydrogens (tertiary/aromatic N) is 5. The Morgan fingerprint density at radius 2 is 1.12 bits per heavy atom. The van der Waals surface area contributed by atoms with Gasteiger partial charge in [-0.2, -0.15) is 9.97 Å². The van der Waals surface area contributed by atoms with E-state index in [2.05, 4.69) is 23.1 Å². The molecule has 1 aliphatic carbocycles. The maximum atomic E-state index is 11.4. The van der Waals surface area contributed by atoms with E-state index in [-0.39, 0.29) is 29.1 Å². The fourth-order valence-electron chi connectivity index (χ4n) is 8.64. The number of phenolic OH excluding ortho intramolecular Hbond substituents is 8. The Hall–Kier alpha value is -8.39. The lowest BCUT2D eigenvalue weighted by molar-refractivity contribution is 0.350. The number of benzene rings is 6. The van der Waals surface area contributed by atoms with E-state index in [1.54, 1.807) is 24.3 Å². The van der Waals surface area contributed by atoms with Gasteiger partial charge in [0.25, 0.3) is 0 Å². The minimum absolute atomic E-state index is 0.0565. The number of rotatable bonds is 4. The lowest BCUT2D eigenvalue weighted by Crippen LogP contribution is -2.30. The van der Waals surface area contributed by atoms with Crippen LogP contribution in [0, 0.1) is 0 Å². The van der Waals surface area contributed by atoms with Crippen LogP contribution in [-0.2, 0) is 0 Å². The van der Waals surface area contributed by atoms with Crippen molar-refractivity contribution in [2.24, 2.45) is 0 Å². The number of furan rings is 1. The first kappa shape index (κ1) is 33.9. The minimum Gasteiger partial charge on any atom is -0.504 e. The predicted molar refractivity (Wildman–Crippen MR) is 219 cm³/mol. The molecule has 8 N–H and O–H groups in total. The molecule has 6 aromatic carbocycles. The highest BCUT2D eigenvalue weighted by molar-refractivity contribution is 6.22. The van der Waals surface area contributed by atoms with Gasteiger partial charge in [0, 0.05) is 33.5 Å². The first-order chi connectivity index (χ1) is 28.6. The highest BCUT2D eigenvalue weighted by Gasteiger charge is 2.39. The second-order valence-corrected chi connectivity index (χ2v) is 14.4. The van der Waals surface area contributed by atoms with Gasteiger partial charge in [-0.15, -0.1) is 0 Å². The third-order valence-corrected chi connectivity index (χ3v) is 11.3. The molecule has 14 nitrogen and oxygen atoms in total. The molecule has 0 fully saturated rings. The summed E-state index contributed by atoms with van der Waals surface area (Å²) >= 11 is 0. The van der Waals surface area contributed by atoms with Crippen LogP contribution in [0.2, 0.25) is 0 Å². The van der Waals surface area contributed by atoms with Crippen LogP contribution >= 0.6 is 0 Å². The van der Waals surface area contributed by atoms with E-state index in [0.29, 0.717) is 33.7 Å². The summed E-state index contributed by atoms with van der Waals surface area (Å²) in [6, 6.07) is 27.9. The lowest BCUT2D eigenvalue weighted by Gasteiger charge is -2.27. The zero-order valence-electron chi connectivity index (χ0n) is 30.3. The molecule has 0 saturated carbocycles. The van der Waals surface area contributed by atoms with Crippen LogP contribution < -0.4 is 4.90 Å². The highest BCUT2D eigenvalue weighted by atomic mass is 16.4. The van der Waals surface area contributed by atoms with E-state index in [9.17, 15) is 40.9 Å². The van der Waals surface area contributed by atoms with E-state index in [1.807, 2.05) is 72.8 Å². The van der Waals surface area contributed by atoms with Crippen LogP contribution in [0.1, 0.15) is 11.5 Å². The third kappa shape index (κ3) is 4.53. The molecule has 0 amide bonds. The number of allylic oxidation sites excluding steroid dienone is 2. The van der Waals surface area contributed by atoms with Crippen molar-refractivity contribution in [3.63, 3.8) is 0 Å². The van der Waals surface area contributed by atoms with Crippen LogP contribution in [-0.4, -0.2) is 66.4 Å². The first-order valence-corrected chi connectivity index (χ1v) is 18.4. The van der Waals surface area contributed by atoms with Gasteiger partial charge in [-0.05, 0) is 29.8 Å². The van der Waals surface area contributed by atoms with Gasteiger partial charge in [0.05, 0.1) is 22.5 Å². The maximum absolute atomic E-state index is 11.4. The first-order valence-electron chi connectivity index (χ1n) is 18.4. The van der Waals surface area contributed by atoms with E-state index in [4.69, 9.17) is 19.4 Å². The molecule has 2 atom stereocenters. The van der Waals surface area contributed by atoms with E-state index in [1.165, 1.54) is 0 Å². The Morgan fingerprint density at radius 3 is 1.85 bits per heavy atom. The third-order valence-electron chi connectivity index (χ3n) is 11.3. The van der Waals surface area contributed by atoms with Crippen LogP contribution in [0.25, 0.3) is 72.2 Å². The minimum atomic E-state index is -1.13. The number of anilines is 2. The molecular weight excluding hydrogens is 755 g/mol. The van der Waals surface area contributed by atoms with Crippen molar-refractivity contribution in [2.45, 2.75) is 12.0 Å². The molecule has 2 unspecified atom stereocenters. The van der Waals surface area contributed by atoms with Gasteiger partial charge in [0.1, 0.15) is 16.6 Å². The smallest absolute Gasteiger partial charge is 0.234 e. The highest BCUT2D eigenvalue weighted by Crippen LogP contribution is 2.59. The normalized spacial score (nSPS) is 15.8. The molecule has 14 heteroatoms. The molecule has 288 valence electrons. The van der Waals surface area contributed by atoms with Crippen molar-refractivity contribution in [2.75, 3.05) is 4.90 Å². The van der Waals surface area contributed by atoms with Gasteiger partial charge in [0.15, 0.2) is 40.2 Å². The molecule has 0 radical (unpaired) electrons. The van der Waals surface area contributed by atoms with Gasteiger partial charge < -0.3 is 50.2 Å². The zero-order valence-corrected chi connectivity index (χ0v) is 30.3. The Kier molecular flexibility index (Phi) is 6.93. The summed E-state index contributed by atoms with van der Waals surface area (Å²) in [4.78, 5) is 17.3. The molecule has 2 aliphatic rings. The Balaban J connectivity index is 1.24. The van der Waals surface area contributed by atoms with Crippen molar-refractivity contribution in [3.05, 3.63) is 121 Å². The summed E-state index contributed by atoms with van der Waals surface area (Å²) in [6.07, 6.45) is 8.32. The van der Waals surface area contributed by atoms with Crippen molar-refractivity contribution in [3.8, 4) is 74.5 Å². The fourth-order valence-corrected chi connectivity index (χ4v) is 8.64. The molecule has 0 bridgehead atoms. The Labute approximate surface area is 331 Å². The van der Waals surface area contributed by atoms with Gasteiger partial charge in [-0.25, -0.2) is 4.98 Å². The monoisotopic (exact) mass is 783 g/mol. The predicted octanol–water partition coefficient (Wildman–Crippen LogP) is 8.58. The van der Waals surface area contributed by atoms with Crippen LogP contribution in [0.5, 0.6) is 46.0 Å². The summed E-state index contributed by atoms with van der Waals surface area (Å²) in [6.45, 7) is 0. The Morgan fingerprint density at radius 1 is 0.508 bits per heavy atom. The molecule has 11 rings (SSSR count). The summed E-state index contributed by atoms with van der Waals surface area (Å²) in [5, 5.41) is 88.0. The standard InChI is InChI=1S/C45H29N5O9/c51-34-30-31-33(37(54)41(58)39(56)35(31)52)50(32(30)36(53)40(57)38(34)55)27-19-18-24(29-23-14-6-9-17-28(23)59-42(27)29)44-46-43(20-10-2-1-3-11-20)47-45(48-44)49-25-15-7-4-12-21(25)22-13-5-8-16-26(22)49/h1-19,21,25,51-58H. The zero-order chi connectivity index (χ0) is 40.4. The quantitative estimate of drug-likeness (QED) is 0.0620. The van der Waals surface area contributed by atoms with Gasteiger partial charge in [0.2, 0.25) is 28.9 Å². The topological polar surface area (TPSA) is 222 Å². The molecule has 1 aliphatic heterocycles. The largest absolute Gasteiger partial charge is 0.504 e. The van der Waals surface area contributed by atoms with E-state index < -0.39 is 67.8 Å². The number of aromatic nitrogens is 4. The van der Waals surface area contributed by atoms with Gasteiger partial charge >= 0.3 is 0 Å². The van der Waals surface area contributed by atoms with E-state index in [0.717, 1.165) is 21.4 Å². The van der Waals surface area contributed by atoms with Crippen LogP contribution in [0.4, 0.5) is 11.6 Å². The molecule has 0 saturated heterocycles. The molecule has 3 aromatic heterocycles. The van der Waals surface area contributed by atoms with Gasteiger partial charge in [-0.1, -0.05) is 91.0 Å². The lowest BCUT2D eigenvalue weighted by atomic mass is 9.92. The molecule has 59 heavy (non-hydrogen) atoms. The molecule has 0 spiro atoms. The maximum Gasteiger partial charge on any atom is 0.234 e. The summed E-state index contributed by atoms with van der Waals surface area (Å²) in [7, 11) is 0. The number of fused-ring (bicyclic) bond motifs is 9. The summed E-state index contributed by atoms with van der Waals surface area (Å²) < 4.78 is 7.69. The van der Waals surface area contributed by atoms with Crippen molar-refractivity contribution in [1.29, 1.82) is 0 Å². The van der Waals surface area contributed by atoms with Gasteiger partial charge in [-0.3, -0.25) is 4.57 Å². The van der Waals surface area contributed by atoms with Crippen molar-refractivity contribution in [1.82, 2.24) is 19.5 Å². The SMILES string of the molecule is Oc1c(O)c(O)c2c(c1O)c1c(O)c(O)c(O)c(O)c1n2-c1ccc(-c2nc(-c3ccccc3)nc(N3c4ccccc4C4C=CC=CC43)n2)c2c1oc1ccccc12. The van der Waals surface area contributed by atoms with Crippen LogP contribution in [0.15, 0.2) is 120 Å². The number of para-hydroxylation sites is 2. The number of aromatic hydroxyl groups is 8. The Bertz CT molecular complexity index is 3280. The second kappa shape index (κ2) is 12.1. The van der Waals surface area contributed by atoms with Crippen LogP contribution in [0.3, 0.4) is 0 Å². The van der Waals surface area contributed by atoms with Crippen molar-refractivity contribution < 1.29 is 45.3 Å². The second-order valence-electron chi connectivity index (χ2n) is 14.4. The average molecular weight is 784 g/mol. The molecule has 9 aromatic rings.